The molecule has 2 aromatic rings. The number of anilines is 1. The van der Waals surface area contributed by atoms with E-state index in [9.17, 15) is 0 Å². The Labute approximate surface area is 124 Å². The molecule has 0 saturated carbocycles. The molecule has 0 radical (unpaired) electrons. The van der Waals surface area contributed by atoms with Crippen LogP contribution in [-0.4, -0.2) is 23.0 Å². The Morgan fingerprint density at radius 2 is 1.95 bits per heavy atom. The fraction of sp³-hybridized carbons (Fsp3) is 0.438. The molecule has 21 heavy (non-hydrogen) atoms. The Morgan fingerprint density at radius 1 is 1.14 bits per heavy atom. The largest absolute Gasteiger partial charge is 0.486 e. The molecule has 1 aromatic heterocycles. The molecule has 0 aliphatic carbocycles. The lowest BCUT2D eigenvalue weighted by atomic mass is 10.2. The fourth-order valence-corrected chi connectivity index (χ4v) is 2.45. The standard InChI is InChI=1S/C16H21N3O2/c1-3-12-9-14(19(4-2)18-12)11-17-13-5-6-15-16(10-13)21-8-7-20-15/h5-6,9-10,17H,3-4,7-8,11H2,1-2H3. The van der Waals surface area contributed by atoms with E-state index in [4.69, 9.17) is 9.47 Å². The highest BCUT2D eigenvalue weighted by molar-refractivity contribution is 5.55. The van der Waals surface area contributed by atoms with Gasteiger partial charge in [0.05, 0.1) is 17.9 Å². The van der Waals surface area contributed by atoms with Gasteiger partial charge in [-0.2, -0.15) is 5.10 Å². The van der Waals surface area contributed by atoms with Crippen LogP contribution >= 0.6 is 0 Å². The van der Waals surface area contributed by atoms with Crippen molar-refractivity contribution in [1.29, 1.82) is 0 Å². The van der Waals surface area contributed by atoms with Crippen molar-refractivity contribution in [3.8, 4) is 11.5 Å². The summed E-state index contributed by atoms with van der Waals surface area (Å²) in [5.41, 5.74) is 3.36. The maximum Gasteiger partial charge on any atom is 0.163 e. The summed E-state index contributed by atoms with van der Waals surface area (Å²) in [4.78, 5) is 0. The summed E-state index contributed by atoms with van der Waals surface area (Å²) in [6, 6.07) is 8.11. The molecule has 112 valence electrons. The fourth-order valence-electron chi connectivity index (χ4n) is 2.45. The molecule has 1 aliphatic rings. The second-order valence-corrected chi connectivity index (χ2v) is 5.01. The molecule has 0 saturated heterocycles. The molecule has 1 aromatic carbocycles. The van der Waals surface area contributed by atoms with Crippen LogP contribution in [-0.2, 0) is 19.5 Å². The summed E-state index contributed by atoms with van der Waals surface area (Å²) in [6.07, 6.45) is 0.962. The number of aromatic nitrogens is 2. The van der Waals surface area contributed by atoms with Crippen LogP contribution in [0, 0.1) is 0 Å². The molecule has 1 N–H and O–H groups in total. The number of fused-ring (bicyclic) bond motifs is 1. The summed E-state index contributed by atoms with van der Waals surface area (Å²) in [5, 5.41) is 7.99. The summed E-state index contributed by atoms with van der Waals surface area (Å²) < 4.78 is 13.2. The minimum absolute atomic E-state index is 0.610. The van der Waals surface area contributed by atoms with Gasteiger partial charge < -0.3 is 14.8 Å². The first-order valence-corrected chi connectivity index (χ1v) is 7.49. The molecule has 0 fully saturated rings. The molecule has 0 spiro atoms. The number of ether oxygens (including phenoxy) is 2. The summed E-state index contributed by atoms with van der Waals surface area (Å²) in [7, 11) is 0. The molecule has 0 amide bonds. The van der Waals surface area contributed by atoms with Crippen LogP contribution < -0.4 is 14.8 Å². The first-order chi connectivity index (χ1) is 10.3. The zero-order chi connectivity index (χ0) is 14.7. The van der Waals surface area contributed by atoms with E-state index in [-0.39, 0.29) is 0 Å². The SMILES string of the molecule is CCc1cc(CNc2ccc3c(c2)OCCO3)n(CC)n1. The van der Waals surface area contributed by atoms with Gasteiger partial charge in [-0.15, -0.1) is 0 Å². The van der Waals surface area contributed by atoms with E-state index in [1.807, 2.05) is 22.9 Å². The van der Waals surface area contributed by atoms with Crippen molar-refractivity contribution < 1.29 is 9.47 Å². The second-order valence-electron chi connectivity index (χ2n) is 5.01. The summed E-state index contributed by atoms with van der Waals surface area (Å²) >= 11 is 0. The van der Waals surface area contributed by atoms with E-state index in [2.05, 4.69) is 30.3 Å². The van der Waals surface area contributed by atoms with E-state index >= 15 is 0 Å². The van der Waals surface area contributed by atoms with Gasteiger partial charge in [0, 0.05) is 18.3 Å². The van der Waals surface area contributed by atoms with Crippen LogP contribution in [0.15, 0.2) is 24.3 Å². The average molecular weight is 287 g/mol. The van der Waals surface area contributed by atoms with Crippen molar-refractivity contribution in [1.82, 2.24) is 9.78 Å². The van der Waals surface area contributed by atoms with E-state index < -0.39 is 0 Å². The van der Waals surface area contributed by atoms with E-state index in [0.717, 1.165) is 42.4 Å². The maximum atomic E-state index is 5.60. The maximum absolute atomic E-state index is 5.60. The predicted octanol–water partition coefficient (Wildman–Crippen LogP) is 2.85. The predicted molar refractivity (Wildman–Crippen MR) is 82.0 cm³/mol. The smallest absolute Gasteiger partial charge is 0.163 e. The molecular formula is C16H21N3O2. The van der Waals surface area contributed by atoms with Crippen LogP contribution in [0.5, 0.6) is 11.5 Å². The Hall–Kier alpha value is -2.17. The van der Waals surface area contributed by atoms with Gasteiger partial charge in [-0.25, -0.2) is 0 Å². The zero-order valence-electron chi connectivity index (χ0n) is 12.6. The Bertz CT molecular complexity index is 622. The highest BCUT2D eigenvalue weighted by Gasteiger charge is 2.12. The average Bonchev–Trinajstić information content (AvgIpc) is 2.95. The van der Waals surface area contributed by atoms with Gasteiger partial charge in [0.2, 0.25) is 0 Å². The summed E-state index contributed by atoms with van der Waals surface area (Å²) in [5.74, 6) is 1.63. The first-order valence-electron chi connectivity index (χ1n) is 7.49. The lowest BCUT2D eigenvalue weighted by Gasteiger charge is -2.19. The van der Waals surface area contributed by atoms with Crippen molar-refractivity contribution in [2.45, 2.75) is 33.4 Å². The molecule has 0 bridgehead atoms. The van der Waals surface area contributed by atoms with Crippen LogP contribution in [0.4, 0.5) is 5.69 Å². The van der Waals surface area contributed by atoms with Crippen molar-refractivity contribution in [2.75, 3.05) is 18.5 Å². The number of hydrogen-bond acceptors (Lipinski definition) is 4. The first kappa shape index (κ1) is 13.8. The number of hydrogen-bond donors (Lipinski definition) is 1. The second kappa shape index (κ2) is 6.08. The Kier molecular flexibility index (Phi) is 3.99. The number of rotatable bonds is 5. The molecule has 2 heterocycles. The zero-order valence-corrected chi connectivity index (χ0v) is 12.6. The third-order valence-electron chi connectivity index (χ3n) is 3.59. The van der Waals surface area contributed by atoms with Crippen molar-refractivity contribution in [2.24, 2.45) is 0 Å². The highest BCUT2D eigenvalue weighted by Crippen LogP contribution is 2.32. The van der Waals surface area contributed by atoms with Gasteiger partial charge in [0.25, 0.3) is 0 Å². The third-order valence-corrected chi connectivity index (χ3v) is 3.59. The quantitative estimate of drug-likeness (QED) is 0.918. The van der Waals surface area contributed by atoms with E-state index in [1.54, 1.807) is 0 Å². The van der Waals surface area contributed by atoms with Crippen molar-refractivity contribution in [3.63, 3.8) is 0 Å². The Morgan fingerprint density at radius 3 is 2.71 bits per heavy atom. The van der Waals surface area contributed by atoms with Crippen LogP contribution in [0.1, 0.15) is 25.2 Å². The van der Waals surface area contributed by atoms with Gasteiger partial charge in [-0.05, 0) is 31.5 Å². The topological polar surface area (TPSA) is 48.3 Å². The Balaban J connectivity index is 1.71. The lowest BCUT2D eigenvalue weighted by Crippen LogP contribution is -2.15. The van der Waals surface area contributed by atoms with Crippen molar-refractivity contribution >= 4 is 5.69 Å². The van der Waals surface area contributed by atoms with Crippen LogP contribution in [0.3, 0.4) is 0 Å². The van der Waals surface area contributed by atoms with Crippen LogP contribution in [0.25, 0.3) is 0 Å². The molecule has 0 atom stereocenters. The van der Waals surface area contributed by atoms with Crippen LogP contribution in [0.2, 0.25) is 0 Å². The monoisotopic (exact) mass is 287 g/mol. The number of nitrogens with zero attached hydrogens (tertiary/aromatic N) is 2. The van der Waals surface area contributed by atoms with Crippen molar-refractivity contribution in [3.05, 3.63) is 35.7 Å². The van der Waals surface area contributed by atoms with Gasteiger partial charge in [0.15, 0.2) is 11.5 Å². The van der Waals surface area contributed by atoms with Gasteiger partial charge >= 0.3 is 0 Å². The molecule has 5 nitrogen and oxygen atoms in total. The minimum atomic E-state index is 0.610. The third kappa shape index (κ3) is 2.96. The normalized spacial score (nSPS) is 13.2. The highest BCUT2D eigenvalue weighted by atomic mass is 16.6. The number of aryl methyl sites for hydroxylation is 2. The minimum Gasteiger partial charge on any atom is -0.486 e. The summed E-state index contributed by atoms with van der Waals surface area (Å²) in [6.45, 7) is 7.10. The van der Waals surface area contributed by atoms with E-state index in [0.29, 0.717) is 13.2 Å². The lowest BCUT2D eigenvalue weighted by molar-refractivity contribution is 0.171. The molecule has 0 unspecified atom stereocenters. The molecule has 1 aliphatic heterocycles. The number of nitrogens with one attached hydrogen (secondary N) is 1. The molecule has 3 rings (SSSR count). The number of benzene rings is 1. The van der Waals surface area contributed by atoms with Gasteiger partial charge in [-0.1, -0.05) is 6.92 Å². The van der Waals surface area contributed by atoms with E-state index in [1.165, 1.54) is 5.69 Å². The van der Waals surface area contributed by atoms with Gasteiger partial charge in [0.1, 0.15) is 13.2 Å². The molecular weight excluding hydrogens is 266 g/mol. The molecule has 5 heteroatoms. The van der Waals surface area contributed by atoms with Gasteiger partial charge in [-0.3, -0.25) is 4.68 Å².